The molecule has 0 aromatic heterocycles. The summed E-state index contributed by atoms with van der Waals surface area (Å²) in [6.07, 6.45) is 6.06. The summed E-state index contributed by atoms with van der Waals surface area (Å²) in [7, 11) is 0. The number of aliphatic hydroxyl groups excluding tert-OH is 1. The molecule has 0 spiro atoms. The highest BCUT2D eigenvalue weighted by Crippen LogP contribution is 2.27. The summed E-state index contributed by atoms with van der Waals surface area (Å²) < 4.78 is 0. The zero-order chi connectivity index (χ0) is 13.0. The minimum absolute atomic E-state index is 0.0220. The molecule has 0 radical (unpaired) electrons. The number of amides is 1. The molecule has 100 valence electrons. The third kappa shape index (κ3) is 2.65. The molecule has 2 aliphatic rings. The van der Waals surface area contributed by atoms with Gasteiger partial charge in [-0.3, -0.25) is 4.79 Å². The van der Waals surface area contributed by atoms with Gasteiger partial charge in [-0.1, -0.05) is 19.3 Å². The first-order chi connectivity index (χ1) is 8.71. The second-order valence-corrected chi connectivity index (χ2v) is 5.37. The largest absolute Gasteiger partial charge is 0.394 e. The van der Waals surface area contributed by atoms with Crippen LogP contribution >= 0.6 is 0 Å². The minimum Gasteiger partial charge on any atom is -0.394 e. The second kappa shape index (κ2) is 5.68. The molecule has 1 saturated heterocycles. The number of nitrogens with one attached hydrogen (secondary N) is 1. The zero-order valence-corrected chi connectivity index (χ0v) is 10.7. The Balaban J connectivity index is 1.83. The number of rotatable bonds is 4. The maximum absolute atomic E-state index is 11.9. The van der Waals surface area contributed by atoms with Crippen LogP contribution in [0.25, 0.3) is 0 Å². The predicted octanol–water partition coefficient (Wildman–Crippen LogP) is 0.396. The summed E-state index contributed by atoms with van der Waals surface area (Å²) >= 11 is 0. The summed E-state index contributed by atoms with van der Waals surface area (Å²) in [5, 5.41) is 21.6. The van der Waals surface area contributed by atoms with Crippen molar-refractivity contribution in [1.82, 2.24) is 10.2 Å². The summed E-state index contributed by atoms with van der Waals surface area (Å²) in [4.78, 5) is 13.5. The van der Waals surface area contributed by atoms with Gasteiger partial charge in [-0.15, -0.1) is 0 Å². The van der Waals surface area contributed by atoms with Crippen molar-refractivity contribution in [2.24, 2.45) is 0 Å². The van der Waals surface area contributed by atoms with E-state index in [0.29, 0.717) is 6.54 Å². The average Bonchev–Trinajstić information content (AvgIpc) is 2.37. The van der Waals surface area contributed by atoms with Crippen LogP contribution in [0.3, 0.4) is 0 Å². The summed E-state index contributed by atoms with van der Waals surface area (Å²) in [6, 6.07) is 1.88. The standard InChI is InChI=1S/C13H21N3O2/c14-8-11-4-7-16(11)12(18)9-15-13(10-17)5-2-1-3-6-13/h11,15,17H,1-7,9-10H2/t11-/m0/s1. The maximum Gasteiger partial charge on any atom is 0.237 e. The molecule has 5 heteroatoms. The van der Waals surface area contributed by atoms with Crippen LogP contribution in [-0.2, 0) is 4.79 Å². The number of nitriles is 1. The van der Waals surface area contributed by atoms with Gasteiger partial charge in [0.1, 0.15) is 6.04 Å². The molecule has 2 rings (SSSR count). The van der Waals surface area contributed by atoms with Crippen molar-refractivity contribution in [2.75, 3.05) is 19.7 Å². The van der Waals surface area contributed by atoms with Crippen LogP contribution in [0.4, 0.5) is 0 Å². The molecular weight excluding hydrogens is 230 g/mol. The maximum atomic E-state index is 11.9. The average molecular weight is 251 g/mol. The van der Waals surface area contributed by atoms with E-state index in [2.05, 4.69) is 11.4 Å². The molecule has 2 N–H and O–H groups in total. The van der Waals surface area contributed by atoms with E-state index < -0.39 is 0 Å². The van der Waals surface area contributed by atoms with Crippen LogP contribution in [0.15, 0.2) is 0 Å². The highest BCUT2D eigenvalue weighted by atomic mass is 16.3. The Labute approximate surface area is 108 Å². The van der Waals surface area contributed by atoms with Gasteiger partial charge in [0, 0.05) is 12.1 Å². The van der Waals surface area contributed by atoms with E-state index in [4.69, 9.17) is 5.26 Å². The molecule has 1 aliphatic carbocycles. The molecule has 18 heavy (non-hydrogen) atoms. The number of aliphatic hydroxyl groups is 1. The quantitative estimate of drug-likeness (QED) is 0.758. The van der Waals surface area contributed by atoms with Gasteiger partial charge >= 0.3 is 0 Å². The van der Waals surface area contributed by atoms with E-state index >= 15 is 0 Å². The highest BCUT2D eigenvalue weighted by Gasteiger charge is 2.35. The van der Waals surface area contributed by atoms with E-state index in [1.54, 1.807) is 4.90 Å². The van der Waals surface area contributed by atoms with Crippen molar-refractivity contribution in [1.29, 1.82) is 5.26 Å². The van der Waals surface area contributed by atoms with Gasteiger partial charge in [-0.25, -0.2) is 0 Å². The van der Waals surface area contributed by atoms with Gasteiger partial charge in [0.2, 0.25) is 5.91 Å². The number of carbonyl (C=O) groups is 1. The van der Waals surface area contributed by atoms with E-state index in [0.717, 1.165) is 32.1 Å². The number of carbonyl (C=O) groups excluding carboxylic acids is 1. The lowest BCUT2D eigenvalue weighted by Crippen LogP contribution is -2.57. The summed E-state index contributed by atoms with van der Waals surface area (Å²) in [6.45, 7) is 1.01. The molecule has 0 bridgehead atoms. The Hall–Kier alpha value is -1.12. The van der Waals surface area contributed by atoms with Crippen LogP contribution in [0.1, 0.15) is 38.5 Å². The first kappa shape index (κ1) is 13.3. The molecule has 1 atom stereocenters. The lowest BCUT2D eigenvalue weighted by Gasteiger charge is -2.40. The third-order valence-electron chi connectivity index (χ3n) is 4.22. The number of hydrogen-bond acceptors (Lipinski definition) is 4. The molecule has 1 amide bonds. The first-order valence-corrected chi connectivity index (χ1v) is 6.76. The van der Waals surface area contributed by atoms with E-state index in [1.807, 2.05) is 0 Å². The van der Waals surface area contributed by atoms with Crippen molar-refractivity contribution in [3.63, 3.8) is 0 Å². The Morgan fingerprint density at radius 2 is 2.17 bits per heavy atom. The van der Waals surface area contributed by atoms with Crippen molar-refractivity contribution in [3.05, 3.63) is 0 Å². The smallest absolute Gasteiger partial charge is 0.237 e. The van der Waals surface area contributed by atoms with Gasteiger partial charge < -0.3 is 15.3 Å². The Morgan fingerprint density at radius 3 is 2.67 bits per heavy atom. The molecule has 1 aliphatic heterocycles. The molecule has 0 aromatic rings. The van der Waals surface area contributed by atoms with Crippen molar-refractivity contribution >= 4 is 5.91 Å². The number of hydrogen-bond donors (Lipinski definition) is 2. The van der Waals surface area contributed by atoms with Crippen LogP contribution < -0.4 is 5.32 Å². The molecule has 0 unspecified atom stereocenters. The summed E-state index contributed by atoms with van der Waals surface area (Å²) in [5.74, 6) is -0.0220. The van der Waals surface area contributed by atoms with Crippen molar-refractivity contribution < 1.29 is 9.90 Å². The lowest BCUT2D eigenvalue weighted by molar-refractivity contribution is -0.136. The normalized spacial score (nSPS) is 26.2. The van der Waals surface area contributed by atoms with Gasteiger partial charge in [0.05, 0.1) is 19.2 Å². The first-order valence-electron chi connectivity index (χ1n) is 6.76. The molecule has 2 fully saturated rings. The molecule has 0 aromatic carbocycles. The number of likely N-dealkylation sites (tertiary alicyclic amines) is 1. The number of nitrogens with zero attached hydrogens (tertiary/aromatic N) is 2. The van der Waals surface area contributed by atoms with Gasteiger partial charge in [-0.2, -0.15) is 5.26 Å². The van der Waals surface area contributed by atoms with Crippen LogP contribution in [-0.4, -0.2) is 47.2 Å². The molecule has 5 nitrogen and oxygen atoms in total. The van der Waals surface area contributed by atoms with Crippen LogP contribution in [0, 0.1) is 11.3 Å². The Bertz CT molecular complexity index is 345. The lowest BCUT2D eigenvalue weighted by atomic mass is 9.82. The zero-order valence-electron chi connectivity index (χ0n) is 10.7. The fourth-order valence-electron chi connectivity index (χ4n) is 2.80. The van der Waals surface area contributed by atoms with Crippen LogP contribution in [0.2, 0.25) is 0 Å². The van der Waals surface area contributed by atoms with Crippen LogP contribution in [0.5, 0.6) is 0 Å². The SMILES string of the molecule is N#C[C@@H]1CCN1C(=O)CNC1(CO)CCCCC1. The summed E-state index contributed by atoms with van der Waals surface area (Å²) in [5.41, 5.74) is -0.277. The van der Waals surface area contributed by atoms with Crippen molar-refractivity contribution in [3.8, 4) is 6.07 Å². The van der Waals surface area contributed by atoms with Gasteiger partial charge in [0.25, 0.3) is 0 Å². The Kier molecular flexibility index (Phi) is 4.20. The van der Waals surface area contributed by atoms with E-state index in [9.17, 15) is 9.90 Å². The second-order valence-electron chi connectivity index (χ2n) is 5.37. The fourth-order valence-corrected chi connectivity index (χ4v) is 2.80. The van der Waals surface area contributed by atoms with Crippen molar-refractivity contribution in [2.45, 2.75) is 50.1 Å². The van der Waals surface area contributed by atoms with Gasteiger partial charge in [-0.05, 0) is 19.3 Å². The van der Waals surface area contributed by atoms with E-state index in [1.165, 1.54) is 6.42 Å². The fraction of sp³-hybridized carbons (Fsp3) is 0.846. The van der Waals surface area contributed by atoms with Gasteiger partial charge in [0.15, 0.2) is 0 Å². The third-order valence-corrected chi connectivity index (χ3v) is 4.22. The predicted molar refractivity (Wildman–Crippen MR) is 66.6 cm³/mol. The Morgan fingerprint density at radius 1 is 1.44 bits per heavy atom. The molecular formula is C13H21N3O2. The monoisotopic (exact) mass is 251 g/mol. The topological polar surface area (TPSA) is 76.4 Å². The molecule has 1 saturated carbocycles. The van der Waals surface area contributed by atoms with E-state index in [-0.39, 0.29) is 30.6 Å². The molecule has 1 heterocycles. The minimum atomic E-state index is -0.277. The highest BCUT2D eigenvalue weighted by molar-refractivity contribution is 5.79.